The average molecular weight is 237 g/mol. The average Bonchev–Trinajstić information content (AvgIpc) is 2.34. The molecule has 5 heteroatoms. The Morgan fingerprint density at radius 1 is 1.47 bits per heavy atom. The van der Waals surface area contributed by atoms with Crippen molar-refractivity contribution < 1.29 is 9.53 Å². The van der Waals surface area contributed by atoms with Gasteiger partial charge in [0.25, 0.3) is 5.91 Å². The lowest BCUT2D eigenvalue weighted by Crippen LogP contribution is -2.25. The van der Waals surface area contributed by atoms with Crippen LogP contribution in [0.3, 0.4) is 0 Å². The summed E-state index contributed by atoms with van der Waals surface area (Å²) in [5.41, 5.74) is 0.950. The first-order chi connectivity index (χ1) is 8.11. The van der Waals surface area contributed by atoms with Crippen LogP contribution < -0.4 is 15.4 Å². The van der Waals surface area contributed by atoms with Gasteiger partial charge in [0.2, 0.25) is 0 Å². The molecule has 0 aliphatic carbocycles. The minimum atomic E-state index is -0.157. The lowest BCUT2D eigenvalue weighted by atomic mass is 10.3. The number of hydrogen-bond donors (Lipinski definition) is 2. The third-order valence-electron chi connectivity index (χ3n) is 2.14. The maximum atomic E-state index is 11.0. The van der Waals surface area contributed by atoms with Gasteiger partial charge in [0.15, 0.2) is 6.61 Å². The van der Waals surface area contributed by atoms with Crippen LogP contribution >= 0.6 is 0 Å². The summed E-state index contributed by atoms with van der Waals surface area (Å²) in [5, 5.41) is 5.76. The molecule has 1 amide bonds. The maximum absolute atomic E-state index is 11.0. The summed E-state index contributed by atoms with van der Waals surface area (Å²) in [6.07, 6.45) is 1.63. The number of pyridine rings is 1. The number of nitrogens with one attached hydrogen (secondary N) is 2. The van der Waals surface area contributed by atoms with E-state index in [9.17, 15) is 4.79 Å². The summed E-state index contributed by atoms with van der Waals surface area (Å²) < 4.78 is 5.24. The number of likely N-dealkylation sites (N-methyl/N-ethyl adjacent to an activating group) is 1. The van der Waals surface area contributed by atoms with E-state index in [4.69, 9.17) is 4.74 Å². The third kappa shape index (κ3) is 5.31. The molecule has 94 valence electrons. The Kier molecular flexibility index (Phi) is 5.42. The van der Waals surface area contributed by atoms with Crippen LogP contribution in [0.1, 0.15) is 19.5 Å². The molecule has 0 saturated carbocycles. The van der Waals surface area contributed by atoms with Crippen molar-refractivity contribution in [1.29, 1.82) is 0 Å². The minimum Gasteiger partial charge on any atom is -0.482 e. The van der Waals surface area contributed by atoms with Gasteiger partial charge in [0, 0.05) is 19.6 Å². The van der Waals surface area contributed by atoms with Crippen molar-refractivity contribution >= 4 is 5.91 Å². The second-order valence-corrected chi connectivity index (χ2v) is 3.98. The van der Waals surface area contributed by atoms with Crippen LogP contribution in [0.2, 0.25) is 0 Å². The van der Waals surface area contributed by atoms with Crippen molar-refractivity contribution in [3.8, 4) is 5.75 Å². The molecule has 5 nitrogen and oxygen atoms in total. The van der Waals surface area contributed by atoms with E-state index in [2.05, 4.69) is 29.5 Å². The summed E-state index contributed by atoms with van der Waals surface area (Å²) in [7, 11) is 1.57. The van der Waals surface area contributed by atoms with Crippen molar-refractivity contribution in [1.82, 2.24) is 15.6 Å². The van der Waals surface area contributed by atoms with Crippen molar-refractivity contribution in [3.05, 3.63) is 24.0 Å². The van der Waals surface area contributed by atoms with Crippen LogP contribution in [0.4, 0.5) is 0 Å². The summed E-state index contributed by atoms with van der Waals surface area (Å²) in [4.78, 5) is 15.2. The van der Waals surface area contributed by atoms with Gasteiger partial charge in [0.1, 0.15) is 5.75 Å². The predicted molar refractivity (Wildman–Crippen MR) is 65.8 cm³/mol. The molecule has 1 rings (SSSR count). The molecule has 0 spiro atoms. The Labute approximate surface area is 102 Å². The smallest absolute Gasteiger partial charge is 0.257 e. The lowest BCUT2D eigenvalue weighted by Gasteiger charge is -2.08. The Morgan fingerprint density at radius 3 is 2.76 bits per heavy atom. The van der Waals surface area contributed by atoms with Crippen molar-refractivity contribution in [2.45, 2.75) is 26.4 Å². The molecule has 1 heterocycles. The van der Waals surface area contributed by atoms with Crippen LogP contribution in [0.5, 0.6) is 5.75 Å². The molecule has 0 radical (unpaired) electrons. The Bertz CT molecular complexity index is 349. The standard InChI is InChI=1S/C12H19N3O2/c1-9(2)14-6-10-4-5-11(7-15-10)17-8-12(16)13-3/h4-5,7,9,14H,6,8H2,1-3H3,(H,13,16). The van der Waals surface area contributed by atoms with E-state index in [1.54, 1.807) is 13.2 Å². The Balaban J connectivity index is 2.42. The second-order valence-electron chi connectivity index (χ2n) is 3.98. The van der Waals surface area contributed by atoms with Gasteiger partial charge in [-0.25, -0.2) is 0 Å². The topological polar surface area (TPSA) is 63.2 Å². The molecule has 0 saturated heterocycles. The summed E-state index contributed by atoms with van der Waals surface area (Å²) >= 11 is 0. The van der Waals surface area contributed by atoms with E-state index in [0.717, 1.165) is 12.2 Å². The van der Waals surface area contributed by atoms with Crippen LogP contribution in [0, 0.1) is 0 Å². The van der Waals surface area contributed by atoms with E-state index in [-0.39, 0.29) is 12.5 Å². The fraction of sp³-hybridized carbons (Fsp3) is 0.500. The monoisotopic (exact) mass is 237 g/mol. The molecule has 0 unspecified atom stereocenters. The quantitative estimate of drug-likeness (QED) is 0.764. The van der Waals surface area contributed by atoms with Crippen molar-refractivity contribution in [3.63, 3.8) is 0 Å². The highest BCUT2D eigenvalue weighted by molar-refractivity contribution is 5.77. The number of carbonyl (C=O) groups excluding carboxylic acids is 1. The highest BCUT2D eigenvalue weighted by Crippen LogP contribution is 2.08. The lowest BCUT2D eigenvalue weighted by molar-refractivity contribution is -0.122. The molecule has 0 aliphatic heterocycles. The molecule has 1 aromatic heterocycles. The number of amides is 1. The fourth-order valence-corrected chi connectivity index (χ4v) is 1.13. The number of aromatic nitrogens is 1. The number of hydrogen-bond acceptors (Lipinski definition) is 4. The first kappa shape index (κ1) is 13.4. The van der Waals surface area contributed by atoms with E-state index in [1.807, 2.05) is 12.1 Å². The van der Waals surface area contributed by atoms with Crippen LogP contribution in [0.25, 0.3) is 0 Å². The molecule has 17 heavy (non-hydrogen) atoms. The predicted octanol–water partition coefficient (Wildman–Crippen LogP) is 0.704. The SMILES string of the molecule is CNC(=O)COc1ccc(CNC(C)C)nc1. The number of carbonyl (C=O) groups is 1. The molecule has 0 atom stereocenters. The molecule has 2 N–H and O–H groups in total. The zero-order chi connectivity index (χ0) is 12.7. The van der Waals surface area contributed by atoms with E-state index < -0.39 is 0 Å². The van der Waals surface area contributed by atoms with Crippen LogP contribution in [0.15, 0.2) is 18.3 Å². The molecule has 0 fully saturated rings. The largest absolute Gasteiger partial charge is 0.482 e. The molecule has 0 aromatic carbocycles. The second kappa shape index (κ2) is 6.85. The molecular weight excluding hydrogens is 218 g/mol. The maximum Gasteiger partial charge on any atom is 0.257 e. The fourth-order valence-electron chi connectivity index (χ4n) is 1.13. The molecular formula is C12H19N3O2. The normalized spacial score (nSPS) is 10.4. The van der Waals surface area contributed by atoms with Crippen LogP contribution in [-0.2, 0) is 11.3 Å². The van der Waals surface area contributed by atoms with E-state index in [0.29, 0.717) is 11.8 Å². The van der Waals surface area contributed by atoms with Crippen molar-refractivity contribution in [2.75, 3.05) is 13.7 Å². The van der Waals surface area contributed by atoms with Gasteiger partial charge in [-0.2, -0.15) is 0 Å². The zero-order valence-electron chi connectivity index (χ0n) is 10.5. The van der Waals surface area contributed by atoms with Crippen molar-refractivity contribution in [2.24, 2.45) is 0 Å². The minimum absolute atomic E-state index is 0.0156. The van der Waals surface area contributed by atoms with Gasteiger partial charge < -0.3 is 15.4 Å². The van der Waals surface area contributed by atoms with Gasteiger partial charge in [0.05, 0.1) is 11.9 Å². The van der Waals surface area contributed by atoms with Gasteiger partial charge in [-0.05, 0) is 12.1 Å². The number of ether oxygens (including phenoxy) is 1. The highest BCUT2D eigenvalue weighted by Gasteiger charge is 2.01. The molecule has 1 aromatic rings. The summed E-state index contributed by atoms with van der Waals surface area (Å²) in [6, 6.07) is 4.13. The van der Waals surface area contributed by atoms with Gasteiger partial charge in [-0.1, -0.05) is 13.8 Å². The zero-order valence-corrected chi connectivity index (χ0v) is 10.5. The summed E-state index contributed by atoms with van der Waals surface area (Å²) in [5.74, 6) is 0.442. The highest BCUT2D eigenvalue weighted by atomic mass is 16.5. The van der Waals surface area contributed by atoms with E-state index >= 15 is 0 Å². The van der Waals surface area contributed by atoms with Gasteiger partial charge >= 0.3 is 0 Å². The molecule has 0 bridgehead atoms. The number of nitrogens with zero attached hydrogens (tertiary/aromatic N) is 1. The Morgan fingerprint density at radius 2 is 2.24 bits per heavy atom. The van der Waals surface area contributed by atoms with E-state index in [1.165, 1.54) is 0 Å². The third-order valence-corrected chi connectivity index (χ3v) is 2.14. The van der Waals surface area contributed by atoms with Crippen LogP contribution in [-0.4, -0.2) is 30.6 Å². The Hall–Kier alpha value is -1.62. The molecule has 0 aliphatic rings. The van der Waals surface area contributed by atoms with Gasteiger partial charge in [-0.15, -0.1) is 0 Å². The number of rotatable bonds is 6. The first-order valence-electron chi connectivity index (χ1n) is 5.63. The summed E-state index contributed by atoms with van der Waals surface area (Å²) in [6.45, 7) is 4.91. The van der Waals surface area contributed by atoms with Gasteiger partial charge in [-0.3, -0.25) is 9.78 Å². The first-order valence-corrected chi connectivity index (χ1v) is 5.63.